The summed E-state index contributed by atoms with van der Waals surface area (Å²) < 4.78 is 76.5. The fourth-order valence-corrected chi connectivity index (χ4v) is 3.86. The average Bonchev–Trinajstić information content (AvgIpc) is 2.93. The zero-order chi connectivity index (χ0) is 18.4. The Morgan fingerprint density at radius 3 is 2.32 bits per heavy atom. The van der Waals surface area contributed by atoms with E-state index in [0.717, 1.165) is 12.1 Å². The van der Waals surface area contributed by atoms with Crippen LogP contribution in [0, 0.1) is 0 Å². The molecule has 1 N–H and O–H groups in total. The summed E-state index contributed by atoms with van der Waals surface area (Å²) in [7, 11) is -4.59. The lowest BCUT2D eigenvalue weighted by atomic mass is 10.2. The summed E-state index contributed by atoms with van der Waals surface area (Å²) in [5.74, 6) is 0.518. The van der Waals surface area contributed by atoms with Crippen molar-refractivity contribution < 1.29 is 31.1 Å². The van der Waals surface area contributed by atoms with Crippen LogP contribution in [0.5, 0.6) is 11.5 Å². The Morgan fingerprint density at radius 1 is 1.04 bits per heavy atom. The quantitative estimate of drug-likeness (QED) is 0.801. The van der Waals surface area contributed by atoms with E-state index in [-0.39, 0.29) is 28.3 Å². The molecule has 0 aromatic heterocycles. The molecule has 0 saturated heterocycles. The lowest BCUT2D eigenvalue weighted by Crippen LogP contribution is -2.19. The van der Waals surface area contributed by atoms with E-state index >= 15 is 0 Å². The molecule has 0 spiro atoms. The van der Waals surface area contributed by atoms with Gasteiger partial charge in [-0.2, -0.15) is 13.2 Å². The zero-order valence-corrected chi connectivity index (χ0v) is 14.4. The first-order chi connectivity index (χ1) is 11.6. The largest absolute Gasteiger partial charge is 0.454 e. The molecule has 1 aliphatic rings. The van der Waals surface area contributed by atoms with Crippen LogP contribution in [-0.2, 0) is 16.2 Å². The van der Waals surface area contributed by atoms with Crippen LogP contribution < -0.4 is 14.2 Å². The van der Waals surface area contributed by atoms with Gasteiger partial charge in [0.1, 0.15) is 0 Å². The molecular formula is C14H8Cl2F3NO4S. The van der Waals surface area contributed by atoms with Gasteiger partial charge in [0.25, 0.3) is 10.0 Å². The third-order valence-electron chi connectivity index (χ3n) is 3.24. The van der Waals surface area contributed by atoms with Gasteiger partial charge < -0.3 is 9.47 Å². The van der Waals surface area contributed by atoms with Gasteiger partial charge in [0, 0.05) is 17.2 Å². The van der Waals surface area contributed by atoms with E-state index in [1.807, 2.05) is 4.72 Å². The summed E-state index contributed by atoms with van der Waals surface area (Å²) in [6, 6.07) is 4.89. The van der Waals surface area contributed by atoms with Gasteiger partial charge >= 0.3 is 6.18 Å². The minimum absolute atomic E-state index is 0.0599. The van der Waals surface area contributed by atoms with Crippen LogP contribution in [0.2, 0.25) is 10.0 Å². The van der Waals surface area contributed by atoms with Crippen molar-refractivity contribution in [2.45, 2.75) is 11.1 Å². The molecule has 0 atom stereocenters. The summed E-state index contributed by atoms with van der Waals surface area (Å²) >= 11 is 11.5. The molecule has 5 nitrogen and oxygen atoms in total. The summed E-state index contributed by atoms with van der Waals surface area (Å²) in [5.41, 5.74) is -1.53. The van der Waals surface area contributed by atoms with E-state index in [1.165, 1.54) is 12.1 Å². The van der Waals surface area contributed by atoms with Crippen LogP contribution in [0.3, 0.4) is 0 Å². The number of benzene rings is 2. The fraction of sp³-hybridized carbons (Fsp3) is 0.143. The van der Waals surface area contributed by atoms with E-state index in [2.05, 4.69) is 0 Å². The molecule has 0 radical (unpaired) electrons. The standard InChI is InChI=1S/C14H8Cl2F3NO4S/c15-7-1-2-13(8(3-7)14(17,18)19)25(21,22)20-10-5-12-11(4-9(10)16)23-6-24-12/h1-5,20H,6H2. The monoisotopic (exact) mass is 413 g/mol. The summed E-state index contributed by atoms with van der Waals surface area (Å²) in [6.45, 7) is -0.0722. The van der Waals surface area contributed by atoms with Gasteiger partial charge in [-0.25, -0.2) is 8.42 Å². The molecule has 0 unspecified atom stereocenters. The molecule has 0 amide bonds. The van der Waals surface area contributed by atoms with Crippen molar-refractivity contribution in [3.8, 4) is 11.5 Å². The molecule has 25 heavy (non-hydrogen) atoms. The fourth-order valence-electron chi connectivity index (χ4n) is 2.15. The van der Waals surface area contributed by atoms with Crippen molar-refractivity contribution in [1.82, 2.24) is 0 Å². The van der Waals surface area contributed by atoms with Gasteiger partial charge in [0.05, 0.1) is 21.2 Å². The Morgan fingerprint density at radius 2 is 1.68 bits per heavy atom. The second-order valence-electron chi connectivity index (χ2n) is 4.93. The Labute approximate surface area is 150 Å². The van der Waals surface area contributed by atoms with Crippen molar-refractivity contribution in [2.24, 2.45) is 0 Å². The van der Waals surface area contributed by atoms with Gasteiger partial charge in [0.15, 0.2) is 11.5 Å². The zero-order valence-electron chi connectivity index (χ0n) is 12.0. The van der Waals surface area contributed by atoms with Gasteiger partial charge in [-0.1, -0.05) is 23.2 Å². The summed E-state index contributed by atoms with van der Waals surface area (Å²) in [6.07, 6.45) is -4.91. The van der Waals surface area contributed by atoms with Crippen LogP contribution in [0.1, 0.15) is 5.56 Å². The van der Waals surface area contributed by atoms with Crippen LogP contribution >= 0.6 is 23.2 Å². The number of fused-ring (bicyclic) bond motifs is 1. The third kappa shape index (κ3) is 3.58. The molecule has 1 aliphatic heterocycles. The first-order valence-electron chi connectivity index (χ1n) is 6.56. The number of hydrogen-bond acceptors (Lipinski definition) is 4. The molecule has 0 saturated carbocycles. The molecular weight excluding hydrogens is 406 g/mol. The van der Waals surface area contributed by atoms with Crippen molar-refractivity contribution in [1.29, 1.82) is 0 Å². The van der Waals surface area contributed by atoms with Crippen molar-refractivity contribution in [3.05, 3.63) is 45.9 Å². The number of halogens is 5. The lowest BCUT2D eigenvalue weighted by molar-refractivity contribution is -0.139. The minimum atomic E-state index is -4.91. The normalized spacial score (nSPS) is 13.8. The molecule has 2 aromatic carbocycles. The predicted molar refractivity (Wildman–Crippen MR) is 84.8 cm³/mol. The molecule has 0 aliphatic carbocycles. The number of sulfonamides is 1. The van der Waals surface area contributed by atoms with Crippen LogP contribution in [0.15, 0.2) is 35.2 Å². The van der Waals surface area contributed by atoms with Gasteiger partial charge in [-0.15, -0.1) is 0 Å². The Kier molecular flexibility index (Phi) is 4.42. The second kappa shape index (κ2) is 6.15. The first-order valence-corrected chi connectivity index (χ1v) is 8.80. The molecule has 3 rings (SSSR count). The molecule has 1 heterocycles. The molecule has 0 fully saturated rings. The van der Waals surface area contributed by atoms with Gasteiger partial charge in [-0.3, -0.25) is 4.72 Å². The highest BCUT2D eigenvalue weighted by molar-refractivity contribution is 7.92. The second-order valence-corrected chi connectivity index (χ2v) is 7.42. The smallest absolute Gasteiger partial charge is 0.417 e. The lowest BCUT2D eigenvalue weighted by Gasteiger charge is -2.15. The van der Waals surface area contributed by atoms with Crippen molar-refractivity contribution in [3.63, 3.8) is 0 Å². The predicted octanol–water partition coefficient (Wildman–Crippen LogP) is 4.54. The Balaban J connectivity index is 2.04. The minimum Gasteiger partial charge on any atom is -0.454 e. The number of nitrogens with one attached hydrogen (secondary N) is 1. The van der Waals surface area contributed by atoms with Crippen LogP contribution in [0.4, 0.5) is 18.9 Å². The maximum Gasteiger partial charge on any atom is 0.417 e. The maximum atomic E-state index is 13.1. The van der Waals surface area contributed by atoms with E-state index < -0.39 is 26.7 Å². The number of rotatable bonds is 3. The van der Waals surface area contributed by atoms with Crippen molar-refractivity contribution >= 4 is 38.9 Å². The van der Waals surface area contributed by atoms with Gasteiger partial charge in [-0.05, 0) is 18.2 Å². The average molecular weight is 414 g/mol. The van der Waals surface area contributed by atoms with Crippen LogP contribution in [-0.4, -0.2) is 15.2 Å². The van der Waals surface area contributed by atoms with E-state index in [0.29, 0.717) is 11.8 Å². The number of anilines is 1. The Bertz CT molecular complexity index is 948. The topological polar surface area (TPSA) is 64.6 Å². The van der Waals surface area contributed by atoms with E-state index in [1.54, 1.807) is 0 Å². The third-order valence-corrected chi connectivity index (χ3v) is 5.21. The van der Waals surface area contributed by atoms with E-state index in [4.69, 9.17) is 32.7 Å². The number of alkyl halides is 3. The summed E-state index contributed by atoms with van der Waals surface area (Å²) in [4.78, 5) is -0.974. The number of hydrogen-bond donors (Lipinski definition) is 1. The highest BCUT2D eigenvalue weighted by atomic mass is 35.5. The van der Waals surface area contributed by atoms with Gasteiger partial charge in [0.2, 0.25) is 6.79 Å². The highest BCUT2D eigenvalue weighted by Crippen LogP contribution is 2.41. The SMILES string of the molecule is O=S(=O)(Nc1cc2c(cc1Cl)OCO2)c1ccc(Cl)cc1C(F)(F)F. The van der Waals surface area contributed by atoms with E-state index in [9.17, 15) is 21.6 Å². The molecule has 0 bridgehead atoms. The molecule has 2 aromatic rings. The van der Waals surface area contributed by atoms with Crippen LogP contribution in [0.25, 0.3) is 0 Å². The number of ether oxygens (including phenoxy) is 2. The Hall–Kier alpha value is -1.84. The summed E-state index contributed by atoms with van der Waals surface area (Å²) in [5, 5.41) is -0.303. The highest BCUT2D eigenvalue weighted by Gasteiger charge is 2.37. The molecule has 134 valence electrons. The molecule has 11 heteroatoms. The maximum absolute atomic E-state index is 13.1. The first kappa shape index (κ1) is 18.0. The van der Waals surface area contributed by atoms with Crippen molar-refractivity contribution in [2.75, 3.05) is 11.5 Å².